The van der Waals surface area contributed by atoms with E-state index in [4.69, 9.17) is 30.7 Å². The van der Waals surface area contributed by atoms with Gasteiger partial charge in [-0.3, -0.25) is 24.9 Å². The third-order valence-corrected chi connectivity index (χ3v) is 24.4. The zero-order valence-corrected chi connectivity index (χ0v) is 66.2. The van der Waals surface area contributed by atoms with Gasteiger partial charge in [-0.1, -0.05) is 352 Å². The lowest BCUT2D eigenvalue weighted by molar-refractivity contribution is 0.592. The lowest BCUT2D eigenvalue weighted by atomic mass is 9.85. The fourth-order valence-electron chi connectivity index (χ4n) is 15.5. The number of benzene rings is 15. The van der Waals surface area contributed by atoms with Crippen molar-refractivity contribution in [3.05, 3.63) is 460 Å². The summed E-state index contributed by atoms with van der Waals surface area (Å²) in [6, 6.07) is 136. The second-order valence-corrected chi connectivity index (χ2v) is 31.7. The first-order valence-corrected chi connectivity index (χ1v) is 41.5. The summed E-state index contributed by atoms with van der Waals surface area (Å²) >= 11 is 0. The van der Waals surface area contributed by atoms with Crippen LogP contribution in [0.5, 0.6) is 0 Å². The molecule has 12 heteroatoms. The average Bonchev–Trinajstić information content (AvgIpc) is 0.718. The van der Waals surface area contributed by atoms with Gasteiger partial charge in [0, 0.05) is 115 Å². The molecule has 0 atom stereocenters. The monoisotopic (exact) mass is 1560 g/mol. The fraction of sp³-hybridized carbons (Fsp3) is 0.00926. The number of hydrogen-bond donors (Lipinski definition) is 1. The molecular formula is C108H77N10OP. The third kappa shape index (κ3) is 16.4. The zero-order chi connectivity index (χ0) is 80.8. The Bertz CT molecular complexity index is 6840. The largest absolute Gasteiger partial charge is 0.383 e. The third-order valence-electron chi connectivity index (χ3n) is 21.4. The Morgan fingerprint density at radius 2 is 0.708 bits per heavy atom. The van der Waals surface area contributed by atoms with E-state index < -0.39 is 7.14 Å². The molecule has 0 spiro atoms. The molecule has 2 N–H and O–H groups in total. The molecule has 570 valence electrons. The summed E-state index contributed by atoms with van der Waals surface area (Å²) < 4.78 is 15.5. The van der Waals surface area contributed by atoms with Crippen LogP contribution in [-0.2, 0) is 11.1 Å². The molecule has 20 aromatic rings. The van der Waals surface area contributed by atoms with Gasteiger partial charge in [-0.05, 0) is 131 Å². The van der Waals surface area contributed by atoms with Gasteiger partial charge in [-0.25, -0.2) is 19.9 Å². The number of hydrogen-bond acceptors (Lipinski definition) is 9. The van der Waals surface area contributed by atoms with Gasteiger partial charge >= 0.3 is 0 Å². The molecule has 0 aliphatic rings. The van der Waals surface area contributed by atoms with E-state index >= 15 is 4.57 Å². The zero-order valence-electron chi connectivity index (χ0n) is 65.3. The highest BCUT2D eigenvalue weighted by atomic mass is 31.2. The Labute approximate surface area is 696 Å². The minimum Gasteiger partial charge on any atom is -0.383 e. The average molecular weight is 1560 g/mol. The predicted octanol–water partition coefficient (Wildman–Crippen LogP) is 24.4. The summed E-state index contributed by atoms with van der Waals surface area (Å²) in [5.74, 6) is 2.83. The number of aliphatic imine (C=N–C) groups is 2. The van der Waals surface area contributed by atoms with Crippen LogP contribution < -0.4 is 21.6 Å². The van der Waals surface area contributed by atoms with Crippen molar-refractivity contribution in [3.63, 3.8) is 0 Å². The first-order chi connectivity index (χ1) is 59.3. The quantitative estimate of drug-likeness (QED) is 0.0430. The van der Waals surface area contributed by atoms with Crippen molar-refractivity contribution in [1.29, 1.82) is 0 Å². The van der Waals surface area contributed by atoms with Crippen molar-refractivity contribution in [1.82, 2.24) is 34.9 Å². The Morgan fingerprint density at radius 3 is 1.23 bits per heavy atom. The SMILES string of the molecule is NC(=NC(=NCc1ccccc1)c1ccc(-c2nccc3ccccc23)cc1)c1ccccc1.O=P(c1ccccc1)(c1ccccc1)c1ccc2c(-c3cccc4ccccc34)c3ccccc3c(-c3ccccc3)c2c1.c1cncc(-c2cccc(-c3nc(-c4cccc(-c5cccnc5)c4)nc(-c4cccc(-c5cccnc5)c4)n3)c2)c1. The number of aromatic nitrogens is 7. The van der Waals surface area contributed by atoms with Gasteiger partial charge in [0.15, 0.2) is 30.5 Å². The molecule has 0 aliphatic heterocycles. The second kappa shape index (κ2) is 35.2. The maximum Gasteiger partial charge on any atom is 0.171 e. The van der Waals surface area contributed by atoms with Gasteiger partial charge in [0.1, 0.15) is 5.84 Å². The normalized spacial score (nSPS) is 11.5. The lowest BCUT2D eigenvalue weighted by Crippen LogP contribution is -2.25. The molecule has 0 saturated carbocycles. The first kappa shape index (κ1) is 75.7. The van der Waals surface area contributed by atoms with Crippen LogP contribution in [0, 0.1) is 0 Å². The van der Waals surface area contributed by atoms with Crippen LogP contribution in [0.1, 0.15) is 16.7 Å². The fourth-order valence-corrected chi connectivity index (χ4v) is 18.1. The molecule has 5 aromatic heterocycles. The number of amidine groups is 2. The van der Waals surface area contributed by atoms with Crippen molar-refractivity contribution < 1.29 is 4.57 Å². The molecule has 11 nitrogen and oxygen atoms in total. The van der Waals surface area contributed by atoms with Crippen LogP contribution in [0.2, 0.25) is 0 Å². The molecule has 0 aliphatic carbocycles. The molecule has 0 amide bonds. The van der Waals surface area contributed by atoms with Crippen molar-refractivity contribution in [2.75, 3.05) is 0 Å². The van der Waals surface area contributed by atoms with Crippen LogP contribution in [0.15, 0.2) is 454 Å². The topological polar surface area (TPSA) is 158 Å². The summed E-state index contributed by atoms with van der Waals surface area (Å²) in [6.45, 7) is 0.522. The highest BCUT2D eigenvalue weighted by molar-refractivity contribution is 7.85. The summed E-state index contributed by atoms with van der Waals surface area (Å²) in [6.07, 6.45) is 12.8. The number of pyridine rings is 4. The van der Waals surface area contributed by atoms with Gasteiger partial charge in [0.25, 0.3) is 0 Å². The van der Waals surface area contributed by atoms with Crippen molar-refractivity contribution in [2.45, 2.75) is 6.54 Å². The van der Waals surface area contributed by atoms with E-state index in [0.717, 1.165) is 121 Å². The van der Waals surface area contributed by atoms with E-state index in [0.29, 0.717) is 35.7 Å². The molecule has 0 radical (unpaired) electrons. The van der Waals surface area contributed by atoms with Crippen molar-refractivity contribution in [3.8, 4) is 101 Å². The molecule has 0 saturated heterocycles. The molecule has 5 heterocycles. The molecule has 20 rings (SSSR count). The highest BCUT2D eigenvalue weighted by Gasteiger charge is 2.31. The number of fused-ring (bicyclic) bond motifs is 4. The lowest BCUT2D eigenvalue weighted by Gasteiger charge is -2.23. The maximum atomic E-state index is 15.5. The number of rotatable bonds is 16. The Morgan fingerprint density at radius 1 is 0.292 bits per heavy atom. The van der Waals surface area contributed by atoms with E-state index in [9.17, 15) is 0 Å². The van der Waals surface area contributed by atoms with E-state index in [1.54, 1.807) is 18.6 Å². The molecule has 120 heavy (non-hydrogen) atoms. The van der Waals surface area contributed by atoms with Crippen molar-refractivity contribution in [2.24, 2.45) is 15.7 Å². The Balaban J connectivity index is 0.000000125. The van der Waals surface area contributed by atoms with Gasteiger partial charge < -0.3 is 10.3 Å². The summed E-state index contributed by atoms with van der Waals surface area (Å²) in [7, 11) is -3.18. The summed E-state index contributed by atoms with van der Waals surface area (Å²) in [5, 5.41) is 11.9. The van der Waals surface area contributed by atoms with E-state index in [-0.39, 0.29) is 0 Å². The molecule has 0 bridgehead atoms. The number of nitrogens with two attached hydrogens (primary N) is 1. The molecule has 0 fully saturated rings. The van der Waals surface area contributed by atoms with E-state index in [1.807, 2.05) is 237 Å². The smallest absolute Gasteiger partial charge is 0.171 e. The van der Waals surface area contributed by atoms with E-state index in [2.05, 4.69) is 208 Å². The minimum absolute atomic E-state index is 0.437. The van der Waals surface area contributed by atoms with Gasteiger partial charge in [-0.2, -0.15) is 0 Å². The standard InChI is InChI=1S/C42H29OP.C36H24N6.C30H24N4/c43-44(32-19-6-2-7-20-32,33-21-8-3-9-22-33)34-27-28-39-40(29-34)41(31-16-4-1-5-17-31)37-24-12-13-25-38(37)42(39)36-26-14-18-30-15-10-11-23-35(30)36;1-7-25(31-13-4-16-37-22-31)19-28(10-1)34-40-35(29-11-2-8-26(20-29)32-14-5-17-38-23-32)42-36(41-34)30-12-3-9-27(21-30)33-15-6-18-39-24-33;31-29(25-12-5-2-6-13-25)34-30(33-21-22-9-3-1-4-10-22)26-17-15-24(16-18-26)28-27-14-8-7-11-23(27)19-20-32-28/h1-29H;1-24H;1-20H,21H2,(H2,31,33,34). The minimum atomic E-state index is -3.18. The van der Waals surface area contributed by atoms with Gasteiger partial charge in [0.2, 0.25) is 0 Å². The van der Waals surface area contributed by atoms with Crippen LogP contribution >= 0.6 is 7.14 Å². The molecule has 15 aromatic carbocycles. The first-order valence-electron chi connectivity index (χ1n) is 39.8. The summed E-state index contributed by atoms with van der Waals surface area (Å²) in [5.41, 5.74) is 24.8. The van der Waals surface area contributed by atoms with Gasteiger partial charge in [0.05, 0.1) is 12.2 Å². The predicted molar refractivity (Wildman–Crippen MR) is 496 cm³/mol. The second-order valence-electron chi connectivity index (χ2n) is 28.9. The Kier molecular flexibility index (Phi) is 22.2. The van der Waals surface area contributed by atoms with Crippen LogP contribution in [-0.4, -0.2) is 46.6 Å². The number of nitrogens with zero attached hydrogens (tertiary/aromatic N) is 9. The Hall–Kier alpha value is -15.7. The summed E-state index contributed by atoms with van der Waals surface area (Å²) in [4.78, 5) is 42.0. The van der Waals surface area contributed by atoms with E-state index in [1.165, 1.54) is 38.1 Å². The van der Waals surface area contributed by atoms with Crippen LogP contribution in [0.4, 0.5) is 0 Å². The highest BCUT2D eigenvalue weighted by Crippen LogP contribution is 2.49. The van der Waals surface area contributed by atoms with Crippen LogP contribution in [0.25, 0.3) is 144 Å². The van der Waals surface area contributed by atoms with Gasteiger partial charge in [-0.15, -0.1) is 0 Å². The van der Waals surface area contributed by atoms with Crippen LogP contribution in [0.3, 0.4) is 0 Å². The molecular weight excluding hydrogens is 1480 g/mol. The van der Waals surface area contributed by atoms with Crippen molar-refractivity contribution >= 4 is 77.8 Å². The molecule has 0 unspecified atom stereocenters. The maximum absolute atomic E-state index is 15.5.